The molecule has 0 atom stereocenters. The highest BCUT2D eigenvalue weighted by molar-refractivity contribution is 7.14. The molecule has 2 heteroatoms. The predicted molar refractivity (Wildman–Crippen MR) is 154 cm³/mol. The number of rotatable bonds is 13. The van der Waals surface area contributed by atoms with Crippen LogP contribution < -0.4 is 0 Å². The SMILES string of the molecule is CCCCCCc1ccsc1-c1ccc(-c2ccc(-c3sccc3CCCCCC)cc2)cc1. The molecular formula is C32H38S2. The predicted octanol–water partition coefficient (Wildman–Crippen LogP) is 11.1. The lowest BCUT2D eigenvalue weighted by atomic mass is 9.98. The van der Waals surface area contributed by atoms with E-state index in [4.69, 9.17) is 0 Å². The molecule has 0 N–H and O–H groups in total. The van der Waals surface area contributed by atoms with E-state index in [1.54, 1.807) is 0 Å². The Kier molecular flexibility index (Phi) is 9.59. The maximum absolute atomic E-state index is 2.32. The van der Waals surface area contributed by atoms with Gasteiger partial charge in [0.1, 0.15) is 0 Å². The van der Waals surface area contributed by atoms with E-state index in [-0.39, 0.29) is 0 Å². The van der Waals surface area contributed by atoms with Gasteiger partial charge >= 0.3 is 0 Å². The Morgan fingerprint density at radius 1 is 0.441 bits per heavy atom. The zero-order valence-corrected chi connectivity index (χ0v) is 22.4. The van der Waals surface area contributed by atoms with Gasteiger partial charge in [-0.15, -0.1) is 22.7 Å². The lowest BCUT2D eigenvalue weighted by Crippen LogP contribution is -1.87. The molecule has 0 nitrogen and oxygen atoms in total. The Morgan fingerprint density at radius 3 is 1.21 bits per heavy atom. The Labute approximate surface area is 214 Å². The van der Waals surface area contributed by atoms with Gasteiger partial charge in [0.25, 0.3) is 0 Å². The molecule has 2 aromatic heterocycles. The fourth-order valence-electron chi connectivity index (χ4n) is 4.68. The molecule has 0 aliphatic heterocycles. The van der Waals surface area contributed by atoms with Crippen molar-refractivity contribution in [2.75, 3.05) is 0 Å². The molecule has 2 aromatic carbocycles. The van der Waals surface area contributed by atoms with Gasteiger partial charge in [-0.2, -0.15) is 0 Å². The van der Waals surface area contributed by atoms with E-state index in [0.717, 1.165) is 0 Å². The van der Waals surface area contributed by atoms with Gasteiger partial charge in [0.15, 0.2) is 0 Å². The van der Waals surface area contributed by atoms with Crippen molar-refractivity contribution in [3.05, 3.63) is 82.6 Å². The summed E-state index contributed by atoms with van der Waals surface area (Å²) in [5, 5.41) is 4.50. The van der Waals surface area contributed by atoms with Crippen LogP contribution in [0.1, 0.15) is 76.3 Å². The lowest BCUT2D eigenvalue weighted by Gasteiger charge is -2.08. The molecule has 0 saturated heterocycles. The molecule has 0 bridgehead atoms. The van der Waals surface area contributed by atoms with Gasteiger partial charge in [-0.25, -0.2) is 0 Å². The van der Waals surface area contributed by atoms with Gasteiger partial charge < -0.3 is 0 Å². The Morgan fingerprint density at radius 2 is 0.824 bits per heavy atom. The molecule has 0 spiro atoms. The molecule has 0 aliphatic carbocycles. The molecule has 0 fully saturated rings. The summed E-state index contributed by atoms with van der Waals surface area (Å²) >= 11 is 3.76. The van der Waals surface area contributed by atoms with Crippen molar-refractivity contribution in [1.82, 2.24) is 0 Å². The van der Waals surface area contributed by atoms with Crippen LogP contribution in [0, 0.1) is 0 Å². The number of aryl methyl sites for hydroxylation is 2. The van der Waals surface area contributed by atoms with Crippen molar-refractivity contribution in [3.63, 3.8) is 0 Å². The Hall–Kier alpha value is -2.16. The van der Waals surface area contributed by atoms with Crippen LogP contribution in [0.3, 0.4) is 0 Å². The van der Waals surface area contributed by atoms with Crippen molar-refractivity contribution in [1.29, 1.82) is 0 Å². The molecule has 0 aliphatic rings. The molecule has 2 heterocycles. The quantitative estimate of drug-likeness (QED) is 0.165. The molecule has 0 amide bonds. The monoisotopic (exact) mass is 486 g/mol. The summed E-state index contributed by atoms with van der Waals surface area (Å²) in [6.45, 7) is 4.56. The first-order chi connectivity index (χ1) is 16.8. The second kappa shape index (κ2) is 13.1. The van der Waals surface area contributed by atoms with Crippen molar-refractivity contribution in [3.8, 4) is 32.0 Å². The molecular weight excluding hydrogens is 448 g/mol. The maximum atomic E-state index is 2.32. The van der Waals surface area contributed by atoms with Gasteiger partial charge in [-0.05, 0) is 82.0 Å². The largest absolute Gasteiger partial charge is 0.144 e. The van der Waals surface area contributed by atoms with Crippen molar-refractivity contribution < 1.29 is 0 Å². The van der Waals surface area contributed by atoms with Crippen LogP contribution in [0.25, 0.3) is 32.0 Å². The van der Waals surface area contributed by atoms with Gasteiger partial charge in [-0.3, -0.25) is 0 Å². The normalized spacial score (nSPS) is 11.2. The molecule has 4 rings (SSSR count). The minimum absolute atomic E-state index is 1.20. The number of unbranched alkanes of at least 4 members (excludes halogenated alkanes) is 6. The molecule has 4 aromatic rings. The second-order valence-corrected chi connectivity index (χ2v) is 11.2. The fraction of sp³-hybridized carbons (Fsp3) is 0.375. The first kappa shape index (κ1) is 24.9. The molecule has 0 radical (unpaired) electrons. The number of benzene rings is 2. The number of hydrogen-bond donors (Lipinski definition) is 0. The van der Waals surface area contributed by atoms with Crippen molar-refractivity contribution in [2.24, 2.45) is 0 Å². The summed E-state index contributed by atoms with van der Waals surface area (Å²) in [6, 6.07) is 23.0. The van der Waals surface area contributed by atoms with Crippen LogP contribution in [0.2, 0.25) is 0 Å². The molecule has 0 unspecified atom stereocenters. The van der Waals surface area contributed by atoms with Crippen LogP contribution >= 0.6 is 22.7 Å². The standard InChI is InChI=1S/C32H38S2/c1-3-5-7-9-11-27-21-23-33-31(27)29-17-13-25(14-18-29)26-15-19-30(20-16-26)32-28(22-24-34-32)12-10-8-6-4-2/h13-24H,3-12H2,1-2H3. The van der Waals surface area contributed by atoms with E-state index in [9.17, 15) is 0 Å². The summed E-state index contributed by atoms with van der Waals surface area (Å²) in [5.74, 6) is 0. The lowest BCUT2D eigenvalue weighted by molar-refractivity contribution is 0.668. The van der Waals surface area contributed by atoms with Crippen LogP contribution in [-0.2, 0) is 12.8 Å². The highest BCUT2D eigenvalue weighted by Gasteiger charge is 2.09. The average molecular weight is 487 g/mol. The summed E-state index contributed by atoms with van der Waals surface area (Å²) in [4.78, 5) is 2.89. The first-order valence-electron chi connectivity index (χ1n) is 13.1. The Balaban J connectivity index is 1.42. The highest BCUT2D eigenvalue weighted by atomic mass is 32.1. The van der Waals surface area contributed by atoms with Gasteiger partial charge in [0, 0.05) is 9.75 Å². The number of thiophene rings is 2. The zero-order valence-electron chi connectivity index (χ0n) is 20.8. The van der Waals surface area contributed by atoms with Crippen LogP contribution in [-0.4, -0.2) is 0 Å². The first-order valence-corrected chi connectivity index (χ1v) is 14.9. The van der Waals surface area contributed by atoms with Gasteiger partial charge in [0.2, 0.25) is 0 Å². The van der Waals surface area contributed by atoms with Crippen LogP contribution in [0.15, 0.2) is 71.4 Å². The number of hydrogen-bond acceptors (Lipinski definition) is 2. The fourth-order valence-corrected chi connectivity index (χ4v) is 6.61. The van der Waals surface area contributed by atoms with Gasteiger partial charge in [0.05, 0.1) is 0 Å². The average Bonchev–Trinajstić information content (AvgIpc) is 3.54. The third-order valence-electron chi connectivity index (χ3n) is 6.72. The summed E-state index contributed by atoms with van der Waals surface area (Å²) in [7, 11) is 0. The maximum Gasteiger partial charge on any atom is 0.0374 e. The second-order valence-electron chi connectivity index (χ2n) is 9.33. The van der Waals surface area contributed by atoms with E-state index in [2.05, 4.69) is 85.3 Å². The smallest absolute Gasteiger partial charge is 0.0374 e. The highest BCUT2D eigenvalue weighted by Crippen LogP contribution is 2.35. The molecule has 0 saturated carbocycles. The topological polar surface area (TPSA) is 0 Å². The molecule has 34 heavy (non-hydrogen) atoms. The van der Waals surface area contributed by atoms with Gasteiger partial charge in [-0.1, -0.05) is 101 Å². The molecule has 178 valence electrons. The van der Waals surface area contributed by atoms with Crippen molar-refractivity contribution in [2.45, 2.75) is 78.1 Å². The third-order valence-corrected chi connectivity index (χ3v) is 8.73. The van der Waals surface area contributed by atoms with E-state index < -0.39 is 0 Å². The van der Waals surface area contributed by atoms with E-state index in [1.807, 2.05) is 22.7 Å². The minimum Gasteiger partial charge on any atom is -0.144 e. The Bertz CT molecular complexity index is 1020. The van der Waals surface area contributed by atoms with E-state index >= 15 is 0 Å². The van der Waals surface area contributed by atoms with Crippen LogP contribution in [0.4, 0.5) is 0 Å². The zero-order chi connectivity index (χ0) is 23.6. The summed E-state index contributed by atoms with van der Waals surface area (Å²) in [6.07, 6.45) is 13.0. The summed E-state index contributed by atoms with van der Waals surface area (Å²) in [5.41, 5.74) is 8.32. The van der Waals surface area contributed by atoms with E-state index in [0.29, 0.717) is 0 Å². The van der Waals surface area contributed by atoms with Crippen molar-refractivity contribution >= 4 is 22.7 Å². The van der Waals surface area contributed by atoms with E-state index in [1.165, 1.54) is 107 Å². The third kappa shape index (κ3) is 6.49. The summed E-state index contributed by atoms with van der Waals surface area (Å²) < 4.78 is 0. The van der Waals surface area contributed by atoms with Crippen LogP contribution in [0.5, 0.6) is 0 Å². The minimum atomic E-state index is 1.20.